The molecule has 0 fully saturated rings. The summed E-state index contributed by atoms with van der Waals surface area (Å²) in [5.74, 6) is 0.247. The fraction of sp³-hybridized carbons (Fsp3) is 0.125. The standard InChI is InChI=1S/C8H5N3O/c1-12-8-7(4-10)2-6(3-9)5-11-8/h2,5H,1H3. The van der Waals surface area contributed by atoms with Crippen molar-refractivity contribution in [3.8, 4) is 18.0 Å². The molecule has 4 heteroatoms. The number of rotatable bonds is 1. The molecule has 0 aromatic carbocycles. The van der Waals surface area contributed by atoms with E-state index in [1.807, 2.05) is 12.1 Å². The molecule has 0 aliphatic heterocycles. The quantitative estimate of drug-likeness (QED) is 0.608. The molecule has 0 aliphatic carbocycles. The number of hydrogen-bond donors (Lipinski definition) is 0. The van der Waals surface area contributed by atoms with Crippen LogP contribution in [-0.2, 0) is 0 Å². The van der Waals surface area contributed by atoms with Crippen LogP contribution in [0.2, 0.25) is 0 Å². The first-order chi connectivity index (χ1) is 5.81. The summed E-state index contributed by atoms with van der Waals surface area (Å²) in [4.78, 5) is 3.77. The van der Waals surface area contributed by atoms with Crippen LogP contribution in [0.15, 0.2) is 12.3 Å². The number of nitrogens with zero attached hydrogens (tertiary/aromatic N) is 3. The normalized spacial score (nSPS) is 8.25. The van der Waals surface area contributed by atoms with E-state index in [0.29, 0.717) is 5.56 Å². The van der Waals surface area contributed by atoms with Crippen molar-refractivity contribution < 1.29 is 4.74 Å². The van der Waals surface area contributed by atoms with E-state index < -0.39 is 0 Å². The van der Waals surface area contributed by atoms with Gasteiger partial charge in [-0.25, -0.2) is 4.98 Å². The van der Waals surface area contributed by atoms with Gasteiger partial charge in [-0.3, -0.25) is 0 Å². The summed E-state index contributed by atoms with van der Waals surface area (Å²) < 4.78 is 4.79. The van der Waals surface area contributed by atoms with E-state index in [4.69, 9.17) is 15.3 Å². The second kappa shape index (κ2) is 3.36. The van der Waals surface area contributed by atoms with Crippen molar-refractivity contribution >= 4 is 0 Å². The first-order valence-electron chi connectivity index (χ1n) is 3.16. The van der Waals surface area contributed by atoms with Crippen LogP contribution < -0.4 is 4.74 Å². The van der Waals surface area contributed by atoms with Gasteiger partial charge in [0.1, 0.15) is 17.7 Å². The number of nitriles is 2. The molecule has 0 N–H and O–H groups in total. The third-order valence-electron chi connectivity index (χ3n) is 1.29. The Morgan fingerprint density at radius 3 is 2.67 bits per heavy atom. The predicted molar refractivity (Wildman–Crippen MR) is 40.2 cm³/mol. The molecule has 1 heterocycles. The topological polar surface area (TPSA) is 69.7 Å². The lowest BCUT2D eigenvalue weighted by atomic mass is 10.2. The molecule has 4 nitrogen and oxygen atoms in total. The highest BCUT2D eigenvalue weighted by Crippen LogP contribution is 2.13. The molecule has 0 atom stereocenters. The maximum absolute atomic E-state index is 8.59. The molecule has 0 amide bonds. The van der Waals surface area contributed by atoms with Crippen LogP contribution in [0, 0.1) is 22.7 Å². The number of pyridine rings is 1. The van der Waals surface area contributed by atoms with Crippen LogP contribution in [-0.4, -0.2) is 12.1 Å². The van der Waals surface area contributed by atoms with Crippen molar-refractivity contribution in [2.75, 3.05) is 7.11 Å². The predicted octanol–water partition coefficient (Wildman–Crippen LogP) is 0.834. The van der Waals surface area contributed by atoms with Gasteiger partial charge >= 0.3 is 0 Å². The first-order valence-corrected chi connectivity index (χ1v) is 3.16. The minimum Gasteiger partial charge on any atom is -0.480 e. The Bertz CT molecular complexity index is 373. The first kappa shape index (κ1) is 8.03. The zero-order chi connectivity index (χ0) is 8.97. The molecular weight excluding hydrogens is 154 g/mol. The Kier molecular flexibility index (Phi) is 2.25. The minimum absolute atomic E-state index is 0.247. The largest absolute Gasteiger partial charge is 0.480 e. The van der Waals surface area contributed by atoms with Crippen LogP contribution in [0.3, 0.4) is 0 Å². The molecule has 0 aliphatic rings. The molecule has 12 heavy (non-hydrogen) atoms. The van der Waals surface area contributed by atoms with Crippen LogP contribution in [0.25, 0.3) is 0 Å². The smallest absolute Gasteiger partial charge is 0.231 e. The van der Waals surface area contributed by atoms with E-state index >= 15 is 0 Å². The minimum atomic E-state index is 0.247. The van der Waals surface area contributed by atoms with Gasteiger partial charge < -0.3 is 4.74 Å². The second-order valence-corrected chi connectivity index (χ2v) is 2.00. The van der Waals surface area contributed by atoms with Crippen LogP contribution >= 0.6 is 0 Å². The van der Waals surface area contributed by atoms with E-state index in [0.717, 1.165) is 0 Å². The summed E-state index contributed by atoms with van der Waals surface area (Å²) in [5, 5.41) is 17.1. The van der Waals surface area contributed by atoms with Gasteiger partial charge in [0.2, 0.25) is 5.88 Å². The van der Waals surface area contributed by atoms with E-state index in [-0.39, 0.29) is 11.4 Å². The summed E-state index contributed by atoms with van der Waals surface area (Å²) in [6.45, 7) is 0. The van der Waals surface area contributed by atoms with Crippen molar-refractivity contribution in [1.82, 2.24) is 4.98 Å². The van der Waals surface area contributed by atoms with E-state index in [1.54, 1.807) is 0 Å². The summed E-state index contributed by atoms with van der Waals surface area (Å²) >= 11 is 0. The zero-order valence-corrected chi connectivity index (χ0v) is 6.40. The number of ether oxygens (including phenoxy) is 1. The summed E-state index contributed by atoms with van der Waals surface area (Å²) in [5.41, 5.74) is 0.629. The molecule has 0 radical (unpaired) electrons. The van der Waals surface area contributed by atoms with Gasteiger partial charge in [0.25, 0.3) is 0 Å². The SMILES string of the molecule is COc1ncc(C#N)cc1C#N. The lowest BCUT2D eigenvalue weighted by molar-refractivity contribution is 0.396. The van der Waals surface area contributed by atoms with E-state index in [1.165, 1.54) is 19.4 Å². The Morgan fingerprint density at radius 2 is 2.17 bits per heavy atom. The highest BCUT2D eigenvalue weighted by atomic mass is 16.5. The van der Waals surface area contributed by atoms with Crippen LogP contribution in [0.4, 0.5) is 0 Å². The molecular formula is C8H5N3O. The average molecular weight is 159 g/mol. The molecule has 1 rings (SSSR count). The fourth-order valence-corrected chi connectivity index (χ4v) is 0.756. The fourth-order valence-electron chi connectivity index (χ4n) is 0.756. The van der Waals surface area contributed by atoms with Gasteiger partial charge in [-0.1, -0.05) is 0 Å². The summed E-state index contributed by atoms with van der Waals surface area (Å²) in [7, 11) is 1.43. The number of hydrogen-bond acceptors (Lipinski definition) is 4. The molecule has 1 aromatic rings. The third-order valence-corrected chi connectivity index (χ3v) is 1.29. The molecule has 0 saturated heterocycles. The van der Waals surface area contributed by atoms with E-state index in [9.17, 15) is 0 Å². The van der Waals surface area contributed by atoms with Gasteiger partial charge in [-0.05, 0) is 6.07 Å². The van der Waals surface area contributed by atoms with E-state index in [2.05, 4.69) is 4.98 Å². The average Bonchev–Trinajstić information content (AvgIpc) is 2.16. The molecule has 0 unspecified atom stereocenters. The maximum atomic E-state index is 8.59. The molecule has 0 bridgehead atoms. The molecule has 58 valence electrons. The molecule has 1 aromatic heterocycles. The van der Waals surface area contributed by atoms with Crippen molar-refractivity contribution in [3.05, 3.63) is 23.4 Å². The van der Waals surface area contributed by atoms with Crippen molar-refractivity contribution in [3.63, 3.8) is 0 Å². The monoisotopic (exact) mass is 159 g/mol. The lowest BCUT2D eigenvalue weighted by Gasteiger charge is -1.99. The van der Waals surface area contributed by atoms with Gasteiger partial charge in [0, 0.05) is 6.20 Å². The maximum Gasteiger partial charge on any atom is 0.231 e. The highest BCUT2D eigenvalue weighted by Gasteiger charge is 2.03. The zero-order valence-electron chi connectivity index (χ0n) is 6.40. The third kappa shape index (κ3) is 1.33. The van der Waals surface area contributed by atoms with Gasteiger partial charge in [0.05, 0.1) is 12.7 Å². The summed E-state index contributed by atoms with van der Waals surface area (Å²) in [6, 6.07) is 5.20. The molecule has 0 saturated carbocycles. The second-order valence-electron chi connectivity index (χ2n) is 2.00. The van der Waals surface area contributed by atoms with Gasteiger partial charge in [-0.15, -0.1) is 0 Å². The Morgan fingerprint density at radius 1 is 1.42 bits per heavy atom. The van der Waals surface area contributed by atoms with Crippen LogP contribution in [0.5, 0.6) is 5.88 Å². The van der Waals surface area contributed by atoms with Crippen molar-refractivity contribution in [1.29, 1.82) is 10.5 Å². The Hall–Kier alpha value is -2.07. The molecule has 0 spiro atoms. The van der Waals surface area contributed by atoms with Crippen molar-refractivity contribution in [2.45, 2.75) is 0 Å². The summed E-state index contributed by atoms with van der Waals surface area (Å²) in [6.07, 6.45) is 1.36. The Labute approximate surface area is 69.6 Å². The van der Waals surface area contributed by atoms with Crippen LogP contribution in [0.1, 0.15) is 11.1 Å². The van der Waals surface area contributed by atoms with Gasteiger partial charge in [0.15, 0.2) is 0 Å². The van der Waals surface area contributed by atoms with Crippen molar-refractivity contribution in [2.24, 2.45) is 0 Å². The highest BCUT2D eigenvalue weighted by molar-refractivity contribution is 5.43. The van der Waals surface area contributed by atoms with Gasteiger partial charge in [-0.2, -0.15) is 10.5 Å². The number of methoxy groups -OCH3 is 1. The number of aromatic nitrogens is 1. The lowest BCUT2D eigenvalue weighted by Crippen LogP contribution is -1.92. The Balaban J connectivity index is 3.24.